The van der Waals surface area contributed by atoms with Gasteiger partial charge in [-0.2, -0.15) is 5.56 Å². The van der Waals surface area contributed by atoms with E-state index in [9.17, 15) is 0 Å². The van der Waals surface area contributed by atoms with Gasteiger partial charge in [-0.1, -0.05) is 44.4 Å². The van der Waals surface area contributed by atoms with Crippen LogP contribution in [0.3, 0.4) is 0 Å². The quantitative estimate of drug-likeness (QED) is 0.378. The molecule has 0 saturated carbocycles. The van der Waals surface area contributed by atoms with Crippen molar-refractivity contribution in [3.8, 4) is 0 Å². The molecule has 1 aromatic carbocycles. The van der Waals surface area contributed by atoms with E-state index < -0.39 is 0 Å². The zero-order valence-corrected chi connectivity index (χ0v) is 14.9. The molecule has 1 aromatic rings. The molecule has 0 aliphatic heterocycles. The third kappa shape index (κ3) is 10.4. The van der Waals surface area contributed by atoms with Gasteiger partial charge in [-0.3, -0.25) is 6.58 Å². The van der Waals surface area contributed by atoms with Crippen LogP contribution in [0, 0.1) is 6.58 Å². The summed E-state index contributed by atoms with van der Waals surface area (Å²) >= 11 is 0. The molecule has 0 spiro atoms. The number of hydrogen-bond acceptors (Lipinski definition) is 0. The van der Waals surface area contributed by atoms with Crippen molar-refractivity contribution in [2.45, 2.75) is 26.2 Å². The Morgan fingerprint density at radius 3 is 2.06 bits per heavy atom. The third-order valence-electron chi connectivity index (χ3n) is 1.94. The summed E-state index contributed by atoms with van der Waals surface area (Å²) in [5.74, 6) is 0. The van der Waals surface area contributed by atoms with Crippen molar-refractivity contribution in [2.75, 3.05) is 0 Å². The second-order valence-electron chi connectivity index (χ2n) is 2.99. The van der Waals surface area contributed by atoms with Crippen LogP contribution in [0.2, 0.25) is 0 Å². The fourth-order valence-corrected chi connectivity index (χ4v) is 1.16. The molecule has 0 N–H and O–H groups in total. The maximum atomic E-state index is 5.90. The van der Waals surface area contributed by atoms with E-state index in [2.05, 4.69) is 19.1 Å². The first kappa shape index (κ1) is 25.9. The summed E-state index contributed by atoms with van der Waals surface area (Å²) in [6, 6.07) is 10.2. The van der Waals surface area contributed by atoms with Gasteiger partial charge in [-0.05, 0) is 0 Å². The van der Waals surface area contributed by atoms with E-state index >= 15 is 0 Å². The van der Waals surface area contributed by atoms with Crippen molar-refractivity contribution in [3.63, 3.8) is 0 Å². The Morgan fingerprint density at radius 2 is 1.62 bits per heavy atom. The zero-order valence-electron chi connectivity index (χ0n) is 9.35. The van der Waals surface area contributed by atoms with Gasteiger partial charge in [0, 0.05) is 0 Å². The Hall–Kier alpha value is 1.21. The minimum atomic E-state index is 0. The molecule has 0 aliphatic rings. The van der Waals surface area contributed by atoms with E-state index in [-0.39, 0.29) is 74.1 Å². The van der Waals surface area contributed by atoms with E-state index in [0.29, 0.717) is 0 Å². The topological polar surface area (TPSA) is 0 Å². The number of hydrogen-bond donors (Lipinski definition) is 0. The molecule has 0 aromatic heterocycles. The van der Waals surface area contributed by atoms with Gasteiger partial charge in [0.1, 0.15) is 0 Å². The van der Waals surface area contributed by atoms with Crippen molar-refractivity contribution < 1.29 is 51.0 Å². The SMILES string of the molecule is [Br-].[Br-].[CH-]=C(CCCC)c1ccccc1.[Cu+].[Mg+2]. The summed E-state index contributed by atoms with van der Waals surface area (Å²) < 4.78 is 0. The summed E-state index contributed by atoms with van der Waals surface area (Å²) in [7, 11) is 0. The Labute approximate surface area is 147 Å². The Kier molecular flexibility index (Phi) is 26.2. The van der Waals surface area contributed by atoms with Gasteiger partial charge in [0.15, 0.2) is 0 Å². The first-order chi connectivity index (χ1) is 5.84. The van der Waals surface area contributed by atoms with E-state index in [1.165, 1.54) is 18.4 Å². The monoisotopic (exact) mass is 404 g/mol. The van der Waals surface area contributed by atoms with Gasteiger partial charge >= 0.3 is 40.1 Å². The number of halogens is 2. The van der Waals surface area contributed by atoms with Crippen molar-refractivity contribution >= 4 is 28.6 Å². The van der Waals surface area contributed by atoms with Crippen molar-refractivity contribution in [3.05, 3.63) is 42.5 Å². The molecule has 0 atom stereocenters. The third-order valence-corrected chi connectivity index (χ3v) is 1.94. The summed E-state index contributed by atoms with van der Waals surface area (Å²) in [5.41, 5.74) is 2.18. The molecule has 0 amide bonds. The van der Waals surface area contributed by atoms with E-state index in [4.69, 9.17) is 6.58 Å². The van der Waals surface area contributed by atoms with Crippen LogP contribution < -0.4 is 34.0 Å². The van der Waals surface area contributed by atoms with Gasteiger partial charge in [-0.15, -0.1) is 12.1 Å². The number of rotatable bonds is 4. The van der Waals surface area contributed by atoms with Crippen molar-refractivity contribution in [1.82, 2.24) is 0 Å². The molecule has 0 bridgehead atoms. The normalized spacial score (nSPS) is 7.31. The number of benzene rings is 1. The predicted molar refractivity (Wildman–Crippen MR) is 59.4 cm³/mol. The summed E-state index contributed by atoms with van der Waals surface area (Å²) in [6.07, 6.45) is 3.40. The second kappa shape index (κ2) is 16.2. The summed E-state index contributed by atoms with van der Waals surface area (Å²) in [6.45, 7) is 8.08. The van der Waals surface area contributed by atoms with Gasteiger partial charge in [0.25, 0.3) is 0 Å². The molecular weight excluding hydrogens is 392 g/mol. The Bertz CT molecular complexity index is 252. The van der Waals surface area contributed by atoms with Gasteiger partial charge in [0.2, 0.25) is 0 Å². The Balaban J connectivity index is -0.000000180. The average molecular weight is 407 g/mol. The molecule has 0 fully saturated rings. The van der Waals surface area contributed by atoms with Gasteiger partial charge in [-0.25, -0.2) is 5.57 Å². The van der Waals surface area contributed by atoms with E-state index in [0.717, 1.165) is 12.0 Å². The average Bonchev–Trinajstić information content (AvgIpc) is 2.15. The molecule has 4 heteroatoms. The van der Waals surface area contributed by atoms with Crippen LogP contribution in [0.25, 0.3) is 5.57 Å². The summed E-state index contributed by atoms with van der Waals surface area (Å²) in [5, 5.41) is 0. The maximum Gasteiger partial charge on any atom is 2.00 e. The minimum Gasteiger partial charge on any atom is -1.00 e. The first-order valence-electron chi connectivity index (χ1n) is 4.51. The van der Waals surface area contributed by atoms with Crippen LogP contribution in [0.5, 0.6) is 0 Å². The standard InChI is InChI=1S/C12H15.2BrH.Cu.Mg/c1-3-4-8-11(2)12-9-6-5-7-10-12;;;;/h2,5-7,9-10H,3-4,8H2,1H3;2*1H;;/q-1;;;+1;+2/p-2. The molecule has 0 saturated heterocycles. The smallest absolute Gasteiger partial charge is 1.00 e. The zero-order chi connectivity index (χ0) is 8.81. The van der Waals surface area contributed by atoms with Crippen molar-refractivity contribution in [1.29, 1.82) is 0 Å². The summed E-state index contributed by atoms with van der Waals surface area (Å²) in [4.78, 5) is 0. The second-order valence-corrected chi connectivity index (χ2v) is 2.99. The molecule has 0 aliphatic carbocycles. The van der Waals surface area contributed by atoms with Crippen LogP contribution in [-0.4, -0.2) is 23.1 Å². The fourth-order valence-electron chi connectivity index (χ4n) is 1.16. The molecule has 90 valence electrons. The number of allylic oxidation sites excluding steroid dienone is 1. The van der Waals surface area contributed by atoms with Crippen LogP contribution in [-0.2, 0) is 17.1 Å². The maximum absolute atomic E-state index is 5.90. The van der Waals surface area contributed by atoms with Gasteiger partial charge in [0.05, 0.1) is 0 Å². The van der Waals surface area contributed by atoms with Crippen LogP contribution in [0.4, 0.5) is 0 Å². The van der Waals surface area contributed by atoms with E-state index in [1.807, 2.05) is 18.2 Å². The largest absolute Gasteiger partial charge is 2.00 e. The number of unbranched alkanes of at least 4 members (excludes halogenated alkanes) is 1. The predicted octanol–water partition coefficient (Wildman–Crippen LogP) is -2.68. The van der Waals surface area contributed by atoms with Crippen LogP contribution in [0.1, 0.15) is 31.7 Å². The molecule has 16 heavy (non-hydrogen) atoms. The molecular formula is C12H15Br2CuMg. The van der Waals surface area contributed by atoms with Crippen LogP contribution in [0.15, 0.2) is 30.3 Å². The molecule has 0 nitrogen and oxygen atoms in total. The van der Waals surface area contributed by atoms with Crippen molar-refractivity contribution in [2.24, 2.45) is 0 Å². The molecule has 1 rings (SSSR count). The molecule has 0 heterocycles. The minimum absolute atomic E-state index is 0. The molecule has 0 unspecified atom stereocenters. The Morgan fingerprint density at radius 1 is 1.12 bits per heavy atom. The van der Waals surface area contributed by atoms with Gasteiger partial charge < -0.3 is 34.0 Å². The fraction of sp³-hybridized carbons (Fsp3) is 0.333. The first-order valence-corrected chi connectivity index (χ1v) is 4.51. The van der Waals surface area contributed by atoms with E-state index in [1.54, 1.807) is 0 Å². The molecule has 0 radical (unpaired) electrons. The van der Waals surface area contributed by atoms with Crippen LogP contribution >= 0.6 is 0 Å².